The van der Waals surface area contributed by atoms with Crippen LogP contribution in [-0.2, 0) is 14.8 Å². The molecule has 1 N–H and O–H groups in total. The Labute approximate surface area is 154 Å². The maximum Gasteiger partial charge on any atom is 0.240 e. The normalized spacial score (nSPS) is 12.7. The summed E-state index contributed by atoms with van der Waals surface area (Å²) in [6, 6.07) is 6.86. The van der Waals surface area contributed by atoms with Gasteiger partial charge < -0.3 is 5.32 Å². The van der Waals surface area contributed by atoms with Crippen LogP contribution in [0.25, 0.3) is 0 Å². The molecule has 1 aromatic carbocycles. The van der Waals surface area contributed by atoms with Gasteiger partial charge in [0.25, 0.3) is 0 Å². The number of nitrogens with zero attached hydrogens (tertiary/aromatic N) is 1. The number of hydrogen-bond donors (Lipinski definition) is 1. The third kappa shape index (κ3) is 7.21. The molecule has 0 saturated carbocycles. The van der Waals surface area contributed by atoms with E-state index in [0.29, 0.717) is 18.2 Å². The van der Waals surface area contributed by atoms with Crippen molar-refractivity contribution in [1.82, 2.24) is 5.32 Å². The average Bonchev–Trinajstić information content (AvgIpc) is 2.53. The highest BCUT2D eigenvalue weighted by Crippen LogP contribution is 2.20. The second kappa shape index (κ2) is 10.0. The lowest BCUT2D eigenvalue weighted by Crippen LogP contribution is -2.41. The van der Waals surface area contributed by atoms with Crippen molar-refractivity contribution in [2.24, 2.45) is 5.92 Å². The van der Waals surface area contributed by atoms with Crippen molar-refractivity contribution in [3.8, 4) is 0 Å². The number of sulfonamides is 1. The first-order chi connectivity index (χ1) is 11.3. The summed E-state index contributed by atoms with van der Waals surface area (Å²) >= 11 is 3.32. The number of anilines is 1. The Morgan fingerprint density at radius 1 is 1.25 bits per heavy atom. The van der Waals surface area contributed by atoms with Gasteiger partial charge in [-0.1, -0.05) is 49.0 Å². The van der Waals surface area contributed by atoms with Crippen molar-refractivity contribution in [2.45, 2.75) is 39.5 Å². The number of amides is 1. The molecule has 1 atom stereocenters. The third-order valence-corrected chi connectivity index (χ3v) is 5.60. The van der Waals surface area contributed by atoms with E-state index in [2.05, 4.69) is 35.1 Å². The zero-order valence-electron chi connectivity index (χ0n) is 14.6. The zero-order chi connectivity index (χ0) is 18.2. The van der Waals surface area contributed by atoms with E-state index in [9.17, 15) is 13.2 Å². The number of hydrogen-bond acceptors (Lipinski definition) is 3. The molecular weight excluding hydrogens is 392 g/mol. The van der Waals surface area contributed by atoms with Gasteiger partial charge in [-0.3, -0.25) is 9.10 Å². The molecule has 0 radical (unpaired) electrons. The van der Waals surface area contributed by atoms with E-state index in [1.54, 1.807) is 24.3 Å². The van der Waals surface area contributed by atoms with E-state index >= 15 is 0 Å². The smallest absolute Gasteiger partial charge is 0.240 e. The molecule has 0 heterocycles. The summed E-state index contributed by atoms with van der Waals surface area (Å²) in [4.78, 5) is 12.2. The number of carbonyl (C=O) groups is 1. The van der Waals surface area contributed by atoms with Crippen LogP contribution in [0.15, 0.2) is 28.7 Å². The first-order valence-corrected chi connectivity index (χ1v) is 10.9. The number of benzene rings is 1. The minimum atomic E-state index is -3.53. The number of rotatable bonds is 10. The van der Waals surface area contributed by atoms with E-state index in [0.717, 1.165) is 40.7 Å². The molecular formula is C17H27BrN2O3S. The molecule has 0 aliphatic rings. The fourth-order valence-corrected chi connectivity index (χ4v) is 3.52. The average molecular weight is 419 g/mol. The van der Waals surface area contributed by atoms with Gasteiger partial charge >= 0.3 is 0 Å². The highest BCUT2D eigenvalue weighted by molar-refractivity contribution is 9.10. The van der Waals surface area contributed by atoms with Crippen LogP contribution >= 0.6 is 15.9 Å². The summed E-state index contributed by atoms with van der Waals surface area (Å²) in [5.41, 5.74) is 0.480. The molecule has 24 heavy (non-hydrogen) atoms. The molecule has 7 heteroatoms. The molecule has 0 aromatic heterocycles. The van der Waals surface area contributed by atoms with Gasteiger partial charge in [-0.15, -0.1) is 0 Å². The van der Waals surface area contributed by atoms with Crippen LogP contribution in [0.5, 0.6) is 0 Å². The van der Waals surface area contributed by atoms with Gasteiger partial charge in [0.15, 0.2) is 0 Å². The number of nitrogens with one attached hydrogen (secondary N) is 1. The predicted molar refractivity (Wildman–Crippen MR) is 103 cm³/mol. The van der Waals surface area contributed by atoms with Crippen LogP contribution in [0.2, 0.25) is 0 Å². The molecule has 5 nitrogen and oxygen atoms in total. The Kier molecular flexibility index (Phi) is 8.76. The van der Waals surface area contributed by atoms with Crippen LogP contribution in [0, 0.1) is 5.92 Å². The fourth-order valence-electron chi connectivity index (χ4n) is 2.40. The standard InChI is InChI=1S/C17H27BrN2O3S/c1-4-6-7-14(5-2)12-19-17(21)13-20(24(3,22)23)16-10-8-15(18)9-11-16/h8-11,14H,4-7,12-13H2,1-3H3,(H,19,21). The van der Waals surface area contributed by atoms with Crippen molar-refractivity contribution in [1.29, 1.82) is 0 Å². The van der Waals surface area contributed by atoms with Crippen LogP contribution in [-0.4, -0.2) is 33.7 Å². The summed E-state index contributed by atoms with van der Waals surface area (Å²) in [5.74, 6) is 0.159. The molecule has 0 spiro atoms. The van der Waals surface area contributed by atoms with Gasteiger partial charge in [-0.25, -0.2) is 8.42 Å². The Morgan fingerprint density at radius 3 is 2.38 bits per heavy atom. The molecule has 1 unspecified atom stereocenters. The predicted octanol–water partition coefficient (Wildman–Crippen LogP) is 3.55. The molecule has 0 fully saturated rings. The van der Waals surface area contributed by atoms with Crippen LogP contribution in [0.3, 0.4) is 0 Å². The Balaban J connectivity index is 2.70. The molecule has 0 bridgehead atoms. The number of carbonyl (C=O) groups excluding carboxylic acids is 1. The first-order valence-electron chi connectivity index (χ1n) is 8.27. The summed E-state index contributed by atoms with van der Waals surface area (Å²) in [6.07, 6.45) is 5.47. The second-order valence-corrected chi connectivity index (χ2v) is 8.79. The molecule has 136 valence electrons. The third-order valence-electron chi connectivity index (χ3n) is 3.93. The summed E-state index contributed by atoms with van der Waals surface area (Å²) < 4.78 is 26.0. The van der Waals surface area contributed by atoms with Gasteiger partial charge in [0.2, 0.25) is 15.9 Å². The molecule has 0 aliphatic heterocycles. The summed E-state index contributed by atoms with van der Waals surface area (Å²) in [7, 11) is -3.53. The quantitative estimate of drug-likeness (QED) is 0.631. The monoisotopic (exact) mass is 418 g/mol. The molecule has 1 aromatic rings. The first kappa shape index (κ1) is 21.0. The van der Waals surface area contributed by atoms with Crippen molar-refractivity contribution in [3.63, 3.8) is 0 Å². The second-order valence-electron chi connectivity index (χ2n) is 5.97. The van der Waals surface area contributed by atoms with Gasteiger partial charge in [0, 0.05) is 11.0 Å². The van der Waals surface area contributed by atoms with Gasteiger partial charge in [-0.2, -0.15) is 0 Å². The maximum atomic E-state index is 12.2. The lowest BCUT2D eigenvalue weighted by atomic mass is 9.99. The minimum Gasteiger partial charge on any atom is -0.354 e. The van der Waals surface area contributed by atoms with Gasteiger partial charge in [0.1, 0.15) is 6.54 Å². The van der Waals surface area contributed by atoms with Crippen molar-refractivity contribution >= 4 is 37.5 Å². The fraction of sp³-hybridized carbons (Fsp3) is 0.588. The highest BCUT2D eigenvalue weighted by Gasteiger charge is 2.21. The zero-order valence-corrected chi connectivity index (χ0v) is 17.0. The lowest BCUT2D eigenvalue weighted by Gasteiger charge is -2.23. The summed E-state index contributed by atoms with van der Waals surface area (Å²) in [6.45, 7) is 4.64. The van der Waals surface area contributed by atoms with E-state index in [4.69, 9.17) is 0 Å². The van der Waals surface area contributed by atoms with Gasteiger partial charge in [-0.05, 0) is 36.6 Å². The van der Waals surface area contributed by atoms with Gasteiger partial charge in [0.05, 0.1) is 11.9 Å². The lowest BCUT2D eigenvalue weighted by molar-refractivity contribution is -0.119. The van der Waals surface area contributed by atoms with Crippen LogP contribution in [0.4, 0.5) is 5.69 Å². The largest absolute Gasteiger partial charge is 0.354 e. The molecule has 1 rings (SSSR count). The minimum absolute atomic E-state index is 0.204. The molecule has 1 amide bonds. The SMILES string of the molecule is CCCCC(CC)CNC(=O)CN(c1ccc(Br)cc1)S(C)(=O)=O. The van der Waals surface area contributed by atoms with E-state index in [1.165, 1.54) is 0 Å². The molecule has 0 aliphatic carbocycles. The number of unbranched alkanes of at least 4 members (excludes halogenated alkanes) is 1. The highest BCUT2D eigenvalue weighted by atomic mass is 79.9. The Bertz CT molecular complexity index is 617. The number of halogens is 1. The van der Waals surface area contributed by atoms with E-state index in [-0.39, 0.29) is 12.5 Å². The topological polar surface area (TPSA) is 66.5 Å². The van der Waals surface area contributed by atoms with Crippen molar-refractivity contribution in [2.75, 3.05) is 23.7 Å². The molecule has 0 saturated heterocycles. The van der Waals surface area contributed by atoms with Crippen molar-refractivity contribution < 1.29 is 13.2 Å². The maximum absolute atomic E-state index is 12.2. The van der Waals surface area contributed by atoms with E-state index < -0.39 is 10.0 Å². The van der Waals surface area contributed by atoms with Crippen LogP contribution in [0.1, 0.15) is 39.5 Å². The van der Waals surface area contributed by atoms with Crippen molar-refractivity contribution in [3.05, 3.63) is 28.7 Å². The summed E-state index contributed by atoms with van der Waals surface area (Å²) in [5, 5.41) is 2.87. The Hall–Kier alpha value is -1.08. The van der Waals surface area contributed by atoms with Crippen LogP contribution < -0.4 is 9.62 Å². The Morgan fingerprint density at radius 2 is 1.88 bits per heavy atom. The van der Waals surface area contributed by atoms with E-state index in [1.807, 2.05) is 0 Å².